The van der Waals surface area contributed by atoms with Crippen LogP contribution in [0.2, 0.25) is 0 Å². The number of carbonyl (C=O) groups is 3. The molecule has 1 aromatic heterocycles. The summed E-state index contributed by atoms with van der Waals surface area (Å²) in [6.45, 7) is 10.6. The van der Waals surface area contributed by atoms with Gasteiger partial charge in [-0.3, -0.25) is 4.57 Å². The van der Waals surface area contributed by atoms with Crippen molar-refractivity contribution < 1.29 is 23.9 Å². The van der Waals surface area contributed by atoms with Crippen molar-refractivity contribution in [1.29, 1.82) is 0 Å². The SMILES string of the molecule is CC(C)(C)OC(=O)NC(CC=O)c1cn(C(=O)OC(C)(C)C)c2ccccc12. The van der Waals surface area contributed by atoms with Crippen molar-refractivity contribution in [2.24, 2.45) is 0 Å². The number of nitrogens with one attached hydrogen (secondary N) is 1. The third kappa shape index (κ3) is 5.58. The zero-order chi connectivity index (χ0) is 21.1. The van der Waals surface area contributed by atoms with Crippen LogP contribution in [0.5, 0.6) is 0 Å². The van der Waals surface area contributed by atoms with Gasteiger partial charge in [0.2, 0.25) is 0 Å². The third-order valence-electron chi connectivity index (χ3n) is 3.73. The molecule has 2 aromatic rings. The maximum absolute atomic E-state index is 12.6. The molecule has 7 heteroatoms. The Morgan fingerprint density at radius 2 is 1.68 bits per heavy atom. The van der Waals surface area contributed by atoms with Crippen LogP contribution < -0.4 is 5.32 Å². The van der Waals surface area contributed by atoms with E-state index in [1.54, 1.807) is 53.8 Å². The summed E-state index contributed by atoms with van der Waals surface area (Å²) in [4.78, 5) is 36.1. The summed E-state index contributed by atoms with van der Waals surface area (Å²) in [7, 11) is 0. The predicted molar refractivity (Wildman–Crippen MR) is 106 cm³/mol. The predicted octanol–water partition coefficient (Wildman–Crippen LogP) is 4.58. The number of hydrogen-bond acceptors (Lipinski definition) is 5. The van der Waals surface area contributed by atoms with E-state index in [1.165, 1.54) is 4.57 Å². The molecule has 0 saturated carbocycles. The number of nitrogens with zero attached hydrogens (tertiary/aromatic N) is 1. The van der Waals surface area contributed by atoms with Gasteiger partial charge in [0.05, 0.1) is 11.6 Å². The van der Waals surface area contributed by atoms with E-state index >= 15 is 0 Å². The number of benzene rings is 1. The molecule has 28 heavy (non-hydrogen) atoms. The van der Waals surface area contributed by atoms with Crippen molar-refractivity contribution >= 4 is 29.4 Å². The Morgan fingerprint density at radius 1 is 1.07 bits per heavy atom. The summed E-state index contributed by atoms with van der Waals surface area (Å²) in [5.74, 6) is 0. The van der Waals surface area contributed by atoms with E-state index in [-0.39, 0.29) is 6.42 Å². The van der Waals surface area contributed by atoms with Gasteiger partial charge in [0.15, 0.2) is 0 Å². The fourth-order valence-corrected chi connectivity index (χ4v) is 2.76. The first-order valence-corrected chi connectivity index (χ1v) is 9.18. The van der Waals surface area contributed by atoms with Crippen molar-refractivity contribution in [3.63, 3.8) is 0 Å². The fraction of sp³-hybridized carbons (Fsp3) is 0.476. The number of amides is 1. The second-order valence-electron chi connectivity index (χ2n) is 8.55. The largest absolute Gasteiger partial charge is 0.444 e. The number of aldehydes is 1. The Balaban J connectivity index is 2.44. The number of hydrogen-bond donors (Lipinski definition) is 1. The van der Waals surface area contributed by atoms with Crippen LogP contribution in [0.1, 0.15) is 59.6 Å². The summed E-state index contributed by atoms with van der Waals surface area (Å²) in [6.07, 6.45) is 1.21. The number of ether oxygens (including phenoxy) is 2. The number of para-hydroxylation sites is 1. The molecule has 2 rings (SSSR count). The van der Waals surface area contributed by atoms with Gasteiger partial charge in [-0.15, -0.1) is 0 Å². The quantitative estimate of drug-likeness (QED) is 0.775. The molecule has 0 spiro atoms. The maximum atomic E-state index is 12.6. The molecule has 0 aliphatic rings. The number of rotatable bonds is 4. The summed E-state index contributed by atoms with van der Waals surface area (Å²) in [6, 6.07) is 6.62. The van der Waals surface area contributed by atoms with E-state index in [2.05, 4.69) is 5.32 Å². The summed E-state index contributed by atoms with van der Waals surface area (Å²) >= 11 is 0. The van der Waals surface area contributed by atoms with Crippen molar-refractivity contribution in [3.05, 3.63) is 36.0 Å². The zero-order valence-electron chi connectivity index (χ0n) is 17.2. The molecule has 0 fully saturated rings. The molecular weight excluding hydrogens is 360 g/mol. The summed E-state index contributed by atoms with van der Waals surface area (Å²) in [5.41, 5.74) is -0.0482. The van der Waals surface area contributed by atoms with E-state index in [1.807, 2.05) is 18.2 Å². The molecule has 0 saturated heterocycles. The number of aromatic nitrogens is 1. The van der Waals surface area contributed by atoms with E-state index in [4.69, 9.17) is 9.47 Å². The molecule has 7 nitrogen and oxygen atoms in total. The molecule has 1 aromatic carbocycles. The van der Waals surface area contributed by atoms with Gasteiger partial charge in [0.25, 0.3) is 0 Å². The van der Waals surface area contributed by atoms with Crippen LogP contribution in [0, 0.1) is 0 Å². The van der Waals surface area contributed by atoms with Crippen LogP contribution in [0.4, 0.5) is 9.59 Å². The van der Waals surface area contributed by atoms with E-state index in [9.17, 15) is 14.4 Å². The van der Waals surface area contributed by atoms with Crippen molar-refractivity contribution in [2.75, 3.05) is 0 Å². The minimum Gasteiger partial charge on any atom is -0.444 e. The second-order valence-corrected chi connectivity index (χ2v) is 8.55. The van der Waals surface area contributed by atoms with Crippen LogP contribution in [0.15, 0.2) is 30.5 Å². The Bertz CT molecular complexity index is 871. The molecule has 0 radical (unpaired) electrons. The monoisotopic (exact) mass is 388 g/mol. The fourth-order valence-electron chi connectivity index (χ4n) is 2.76. The lowest BCUT2D eigenvalue weighted by Crippen LogP contribution is -2.35. The normalized spacial score (nSPS) is 13.1. The minimum atomic E-state index is -0.666. The van der Waals surface area contributed by atoms with Crippen molar-refractivity contribution in [1.82, 2.24) is 9.88 Å². The molecule has 1 heterocycles. The van der Waals surface area contributed by atoms with Gasteiger partial charge in [-0.05, 0) is 47.6 Å². The third-order valence-corrected chi connectivity index (χ3v) is 3.73. The van der Waals surface area contributed by atoms with Crippen LogP contribution in [0.3, 0.4) is 0 Å². The number of fused-ring (bicyclic) bond motifs is 1. The lowest BCUT2D eigenvalue weighted by atomic mass is 10.0. The molecule has 0 aliphatic carbocycles. The Kier molecular flexibility index (Phi) is 6.17. The first-order chi connectivity index (χ1) is 12.9. The topological polar surface area (TPSA) is 86.6 Å². The molecule has 0 aliphatic heterocycles. The second kappa shape index (κ2) is 8.04. The first-order valence-electron chi connectivity index (χ1n) is 9.18. The molecule has 152 valence electrons. The number of carbonyl (C=O) groups excluding carboxylic acids is 3. The molecule has 1 N–H and O–H groups in total. The maximum Gasteiger partial charge on any atom is 0.419 e. The van der Waals surface area contributed by atoms with E-state index < -0.39 is 29.4 Å². The van der Waals surface area contributed by atoms with Gasteiger partial charge in [-0.1, -0.05) is 18.2 Å². The van der Waals surface area contributed by atoms with Crippen LogP contribution >= 0.6 is 0 Å². The standard InChI is InChI=1S/C21H28N2O5/c1-20(2,3)27-18(25)22-16(11-12-24)15-13-23(19(26)28-21(4,5)6)17-10-8-7-9-14(15)17/h7-10,12-13,16H,11H2,1-6H3,(H,22,25). The van der Waals surface area contributed by atoms with Crippen LogP contribution in [-0.4, -0.2) is 34.2 Å². The van der Waals surface area contributed by atoms with E-state index in [0.717, 1.165) is 11.7 Å². The highest BCUT2D eigenvalue weighted by Crippen LogP contribution is 2.29. The van der Waals surface area contributed by atoms with Gasteiger partial charge in [0.1, 0.15) is 17.5 Å². The smallest absolute Gasteiger partial charge is 0.419 e. The average molecular weight is 388 g/mol. The van der Waals surface area contributed by atoms with Gasteiger partial charge >= 0.3 is 12.2 Å². The molecule has 1 amide bonds. The van der Waals surface area contributed by atoms with Gasteiger partial charge in [0, 0.05) is 23.6 Å². The van der Waals surface area contributed by atoms with Gasteiger partial charge in [-0.2, -0.15) is 0 Å². The molecular formula is C21H28N2O5. The first kappa shape index (κ1) is 21.5. The van der Waals surface area contributed by atoms with Gasteiger partial charge < -0.3 is 19.6 Å². The highest BCUT2D eigenvalue weighted by molar-refractivity contribution is 5.92. The molecule has 0 bridgehead atoms. The van der Waals surface area contributed by atoms with Crippen molar-refractivity contribution in [3.8, 4) is 0 Å². The Labute approximate surface area is 165 Å². The summed E-state index contributed by atoms with van der Waals surface area (Å²) < 4.78 is 12.2. The zero-order valence-corrected chi connectivity index (χ0v) is 17.2. The Morgan fingerprint density at radius 3 is 2.25 bits per heavy atom. The number of alkyl carbamates (subject to hydrolysis) is 1. The highest BCUT2D eigenvalue weighted by Gasteiger charge is 2.26. The van der Waals surface area contributed by atoms with Crippen LogP contribution in [0.25, 0.3) is 10.9 Å². The lowest BCUT2D eigenvalue weighted by molar-refractivity contribution is -0.108. The summed E-state index contributed by atoms with van der Waals surface area (Å²) in [5, 5.41) is 3.47. The highest BCUT2D eigenvalue weighted by atomic mass is 16.6. The molecule has 1 atom stereocenters. The van der Waals surface area contributed by atoms with Gasteiger partial charge in [-0.25, -0.2) is 9.59 Å². The molecule has 1 unspecified atom stereocenters. The average Bonchev–Trinajstić information content (AvgIpc) is 2.91. The lowest BCUT2D eigenvalue weighted by Gasteiger charge is -2.22. The van der Waals surface area contributed by atoms with Crippen molar-refractivity contribution in [2.45, 2.75) is 65.2 Å². The Hall–Kier alpha value is -2.83. The van der Waals surface area contributed by atoms with E-state index in [0.29, 0.717) is 11.1 Å². The minimum absolute atomic E-state index is 0.0432. The van der Waals surface area contributed by atoms with Crippen LogP contribution in [-0.2, 0) is 14.3 Å².